The molecule has 3 aromatic carbocycles. The number of rotatable bonds is 11. The number of carboxylic acids is 1. The number of amides is 2. The van der Waals surface area contributed by atoms with E-state index in [1.165, 1.54) is 27.8 Å². The average Bonchev–Trinajstić information content (AvgIpc) is 3.21. The fourth-order valence-corrected chi connectivity index (χ4v) is 5.07. The third-order valence-electron chi connectivity index (χ3n) is 5.98. The lowest BCUT2D eigenvalue weighted by Gasteiger charge is -2.20. The summed E-state index contributed by atoms with van der Waals surface area (Å²) in [6, 6.07) is 25.6. The molecule has 0 bridgehead atoms. The average molecular weight is 505 g/mol. The molecule has 0 saturated carbocycles. The number of hydrogen-bond donors (Lipinski definition) is 2. The number of carboxylic acid groups (broad SMARTS) is 1. The van der Waals surface area contributed by atoms with Gasteiger partial charge in [0.15, 0.2) is 0 Å². The van der Waals surface area contributed by atoms with Crippen molar-refractivity contribution in [2.24, 2.45) is 0 Å². The predicted molar refractivity (Wildman–Crippen MR) is 140 cm³/mol. The van der Waals surface area contributed by atoms with Crippen molar-refractivity contribution in [2.45, 2.75) is 12.5 Å². The SMILES string of the molecule is O=C(O)CN(Cc1ccccc1)C(=O)CSCCNC(=O)OCC1c2ccccc2-c2ccccc21. The number of carbonyl (C=O) groups is 3. The van der Waals surface area contributed by atoms with Crippen LogP contribution in [0.25, 0.3) is 11.1 Å². The van der Waals surface area contributed by atoms with E-state index >= 15 is 0 Å². The van der Waals surface area contributed by atoms with E-state index in [1.54, 1.807) is 0 Å². The van der Waals surface area contributed by atoms with E-state index in [9.17, 15) is 14.4 Å². The topological polar surface area (TPSA) is 95.9 Å². The summed E-state index contributed by atoms with van der Waals surface area (Å²) in [5.74, 6) is -0.678. The lowest BCUT2D eigenvalue weighted by molar-refractivity contribution is -0.143. The van der Waals surface area contributed by atoms with Crippen LogP contribution in [0.5, 0.6) is 0 Å². The summed E-state index contributed by atoms with van der Waals surface area (Å²) in [4.78, 5) is 37.3. The lowest BCUT2D eigenvalue weighted by Crippen LogP contribution is -2.36. The Hall–Kier alpha value is -3.78. The molecule has 0 fully saturated rings. The second kappa shape index (κ2) is 12.3. The molecule has 1 aliphatic rings. The molecule has 8 heteroatoms. The van der Waals surface area contributed by atoms with Gasteiger partial charge >= 0.3 is 12.1 Å². The summed E-state index contributed by atoms with van der Waals surface area (Å²) in [7, 11) is 0. The van der Waals surface area contributed by atoms with Crippen LogP contribution in [0.3, 0.4) is 0 Å². The number of benzene rings is 3. The lowest BCUT2D eigenvalue weighted by atomic mass is 9.98. The van der Waals surface area contributed by atoms with E-state index in [-0.39, 0.29) is 37.3 Å². The Kier molecular flexibility index (Phi) is 8.62. The Morgan fingerprint density at radius 1 is 0.889 bits per heavy atom. The molecule has 186 valence electrons. The van der Waals surface area contributed by atoms with Crippen LogP contribution in [0.4, 0.5) is 4.79 Å². The second-order valence-corrected chi connectivity index (χ2v) is 9.54. The van der Waals surface area contributed by atoms with Crippen LogP contribution in [-0.2, 0) is 20.9 Å². The van der Waals surface area contributed by atoms with Crippen molar-refractivity contribution in [1.29, 1.82) is 0 Å². The summed E-state index contributed by atoms with van der Waals surface area (Å²) in [6.07, 6.45) is -0.500. The van der Waals surface area contributed by atoms with E-state index in [1.807, 2.05) is 54.6 Å². The van der Waals surface area contributed by atoms with E-state index in [0.29, 0.717) is 12.3 Å². The van der Waals surface area contributed by atoms with E-state index in [0.717, 1.165) is 16.7 Å². The molecule has 36 heavy (non-hydrogen) atoms. The molecule has 4 rings (SSSR count). The van der Waals surface area contributed by atoms with Crippen molar-refractivity contribution in [3.63, 3.8) is 0 Å². The van der Waals surface area contributed by atoms with Crippen LogP contribution in [0.2, 0.25) is 0 Å². The molecule has 0 radical (unpaired) electrons. The zero-order chi connectivity index (χ0) is 25.3. The van der Waals surface area contributed by atoms with E-state index in [4.69, 9.17) is 9.84 Å². The summed E-state index contributed by atoms with van der Waals surface area (Å²) in [5, 5.41) is 11.9. The molecular formula is C28H28N2O5S. The van der Waals surface area contributed by atoms with Crippen molar-refractivity contribution in [3.8, 4) is 11.1 Å². The highest BCUT2D eigenvalue weighted by molar-refractivity contribution is 7.99. The number of hydrogen-bond acceptors (Lipinski definition) is 5. The van der Waals surface area contributed by atoms with Crippen LogP contribution >= 0.6 is 11.8 Å². The number of alkyl carbamates (subject to hydrolysis) is 1. The molecule has 0 saturated heterocycles. The first kappa shape index (κ1) is 25.3. The van der Waals surface area contributed by atoms with Gasteiger partial charge in [-0.05, 0) is 27.8 Å². The van der Waals surface area contributed by atoms with E-state index < -0.39 is 12.1 Å². The normalized spacial score (nSPS) is 11.9. The van der Waals surface area contributed by atoms with Crippen molar-refractivity contribution in [2.75, 3.05) is 31.2 Å². The van der Waals surface area contributed by atoms with Crippen LogP contribution < -0.4 is 5.32 Å². The number of fused-ring (bicyclic) bond motifs is 3. The van der Waals surface area contributed by atoms with Crippen LogP contribution in [0.15, 0.2) is 78.9 Å². The Labute approximate surface area is 214 Å². The highest BCUT2D eigenvalue weighted by Crippen LogP contribution is 2.44. The number of thioether (sulfide) groups is 1. The maximum Gasteiger partial charge on any atom is 0.407 e. The van der Waals surface area contributed by atoms with Gasteiger partial charge in [-0.15, -0.1) is 0 Å². The molecule has 0 spiro atoms. The Bertz CT molecular complexity index is 1170. The zero-order valence-electron chi connectivity index (χ0n) is 19.8. The number of nitrogens with one attached hydrogen (secondary N) is 1. The first-order chi connectivity index (χ1) is 17.5. The van der Waals surface area contributed by atoms with Crippen molar-refractivity contribution >= 4 is 29.7 Å². The molecule has 0 aliphatic heterocycles. The molecule has 7 nitrogen and oxygen atoms in total. The van der Waals surface area contributed by atoms with Crippen molar-refractivity contribution < 1.29 is 24.2 Å². The first-order valence-corrected chi connectivity index (χ1v) is 12.9. The summed E-state index contributed by atoms with van der Waals surface area (Å²) >= 11 is 1.34. The summed E-state index contributed by atoms with van der Waals surface area (Å²) in [6.45, 7) is 0.470. The summed E-state index contributed by atoms with van der Waals surface area (Å²) < 4.78 is 5.52. The van der Waals surface area contributed by atoms with Crippen molar-refractivity contribution in [3.05, 3.63) is 95.6 Å². The monoisotopic (exact) mass is 504 g/mol. The maximum absolute atomic E-state index is 12.6. The van der Waals surface area contributed by atoms with E-state index in [2.05, 4.69) is 29.6 Å². The molecule has 1 aliphatic carbocycles. The van der Waals surface area contributed by atoms with Gasteiger partial charge in [0.1, 0.15) is 13.2 Å². The largest absolute Gasteiger partial charge is 0.480 e. The van der Waals surface area contributed by atoms with Gasteiger partial charge in [-0.25, -0.2) is 4.79 Å². The molecule has 0 unspecified atom stereocenters. The molecule has 2 amide bonds. The highest BCUT2D eigenvalue weighted by Gasteiger charge is 2.29. The molecule has 2 N–H and O–H groups in total. The minimum absolute atomic E-state index is 0.0000192. The van der Waals surface area contributed by atoms with Gasteiger partial charge in [0.2, 0.25) is 5.91 Å². The quantitative estimate of drug-likeness (QED) is 0.377. The highest BCUT2D eigenvalue weighted by atomic mass is 32.2. The van der Waals surface area contributed by atoms with Gasteiger partial charge in [0.05, 0.1) is 5.75 Å². The van der Waals surface area contributed by atoms with Gasteiger partial charge in [-0.3, -0.25) is 9.59 Å². The fraction of sp³-hybridized carbons (Fsp3) is 0.250. The van der Waals surface area contributed by atoms with Gasteiger partial charge in [-0.1, -0.05) is 78.9 Å². The third kappa shape index (κ3) is 6.46. The van der Waals surface area contributed by atoms with Crippen LogP contribution in [-0.4, -0.2) is 59.2 Å². The van der Waals surface area contributed by atoms with Gasteiger partial charge in [-0.2, -0.15) is 11.8 Å². The molecule has 0 aromatic heterocycles. The molecule has 0 atom stereocenters. The Morgan fingerprint density at radius 2 is 1.50 bits per heavy atom. The van der Waals surface area contributed by atoms with Crippen LogP contribution in [0.1, 0.15) is 22.6 Å². The number of carbonyl (C=O) groups excluding carboxylic acids is 2. The van der Waals surface area contributed by atoms with Gasteiger partial charge in [0, 0.05) is 24.8 Å². The minimum atomic E-state index is -1.05. The number of ether oxygens (including phenoxy) is 1. The second-order valence-electron chi connectivity index (χ2n) is 8.43. The first-order valence-electron chi connectivity index (χ1n) is 11.7. The standard InChI is InChI=1S/C28H28N2O5S/c31-26(30(17-27(32)33)16-20-8-2-1-3-9-20)19-36-15-14-29-28(34)35-18-25-23-12-6-4-10-21(23)22-11-5-7-13-24(22)25/h1-13,25H,14-19H2,(H,29,34)(H,32,33). The third-order valence-corrected chi connectivity index (χ3v) is 6.92. The predicted octanol–water partition coefficient (Wildman–Crippen LogP) is 4.37. The Balaban J connectivity index is 1.19. The number of nitrogens with zero attached hydrogens (tertiary/aromatic N) is 1. The van der Waals surface area contributed by atoms with Crippen LogP contribution in [0, 0.1) is 0 Å². The Morgan fingerprint density at radius 3 is 2.14 bits per heavy atom. The zero-order valence-corrected chi connectivity index (χ0v) is 20.6. The fourth-order valence-electron chi connectivity index (χ4n) is 4.32. The smallest absolute Gasteiger partial charge is 0.407 e. The van der Waals surface area contributed by atoms with Gasteiger partial charge in [0.25, 0.3) is 0 Å². The van der Waals surface area contributed by atoms with Crippen molar-refractivity contribution in [1.82, 2.24) is 10.2 Å². The number of aliphatic carboxylic acids is 1. The molecular weight excluding hydrogens is 476 g/mol. The minimum Gasteiger partial charge on any atom is -0.480 e. The van der Waals surface area contributed by atoms with Gasteiger partial charge < -0.3 is 20.1 Å². The maximum atomic E-state index is 12.6. The summed E-state index contributed by atoms with van der Waals surface area (Å²) in [5.41, 5.74) is 5.53. The molecule has 0 heterocycles. The molecule has 3 aromatic rings.